The molecule has 0 amide bonds. The second-order valence-corrected chi connectivity index (χ2v) is 2.45. The van der Waals surface area contributed by atoms with Crippen LogP contribution in [0, 0.1) is 23.5 Å². The summed E-state index contributed by atoms with van der Waals surface area (Å²) < 4.78 is 37.1. The number of hydrogen-bond donors (Lipinski definition) is 0. The van der Waals surface area contributed by atoms with Crippen molar-refractivity contribution >= 4 is 23.2 Å². The third kappa shape index (κ3) is 2.16. The van der Waals surface area contributed by atoms with Gasteiger partial charge in [-0.3, -0.25) is 0 Å². The van der Waals surface area contributed by atoms with Crippen molar-refractivity contribution in [2.45, 2.75) is 0 Å². The minimum Gasteiger partial charge on any atom is -0.234 e. The molecular weight excluding hydrogens is 248 g/mol. The van der Waals surface area contributed by atoms with Gasteiger partial charge in [0, 0.05) is 43.4 Å². The van der Waals surface area contributed by atoms with Gasteiger partial charge in [-0.05, 0) is 0 Å². The molecule has 0 nitrogen and oxygen atoms in total. The molecule has 0 aromatic heterocycles. The van der Waals surface area contributed by atoms with Gasteiger partial charge in [0.05, 0.1) is 5.82 Å². The molecule has 0 aliphatic rings. The van der Waals surface area contributed by atoms with Gasteiger partial charge < -0.3 is 0 Å². The van der Waals surface area contributed by atoms with Gasteiger partial charge in [0.25, 0.3) is 0 Å². The van der Waals surface area contributed by atoms with Gasteiger partial charge in [-0.2, -0.15) is 23.2 Å². The maximum Gasteiger partial charge on any atom is 0.0566 e. The van der Waals surface area contributed by atoms with Crippen LogP contribution in [0.15, 0.2) is 0 Å². The Morgan fingerprint density at radius 2 is 1.25 bits per heavy atom. The van der Waals surface area contributed by atoms with Crippen molar-refractivity contribution in [1.29, 1.82) is 0 Å². The van der Waals surface area contributed by atoms with Crippen LogP contribution >= 0.6 is 23.2 Å². The van der Waals surface area contributed by atoms with Gasteiger partial charge in [-0.15, -0.1) is 6.07 Å². The van der Waals surface area contributed by atoms with Crippen LogP contribution < -0.4 is 0 Å². The summed E-state index contributed by atoms with van der Waals surface area (Å²) in [4.78, 5) is 0. The maximum absolute atomic E-state index is 12.5. The zero-order valence-electron chi connectivity index (χ0n) is 5.39. The molecule has 1 rings (SSSR count). The van der Waals surface area contributed by atoms with E-state index in [1.165, 1.54) is 6.07 Å². The normalized spacial score (nSPS) is 9.42. The zero-order chi connectivity index (χ0) is 8.59. The molecule has 12 heavy (non-hydrogen) atoms. The molecule has 0 radical (unpaired) electrons. The van der Waals surface area contributed by atoms with Crippen molar-refractivity contribution < 1.29 is 34.9 Å². The molecule has 0 saturated carbocycles. The largest absolute Gasteiger partial charge is 0.234 e. The van der Waals surface area contributed by atoms with Crippen molar-refractivity contribution in [2.24, 2.45) is 0 Å². The SMILES string of the molecule is Fc1[c-]c(F)c(Cl)c(F)c1Cl.[Ti]. The third-order valence-electron chi connectivity index (χ3n) is 0.990. The molecule has 64 valence electrons. The molecule has 6 heteroatoms. The molecule has 0 atom stereocenters. The van der Waals surface area contributed by atoms with Gasteiger partial charge in [0.2, 0.25) is 0 Å². The van der Waals surface area contributed by atoms with Gasteiger partial charge >= 0.3 is 0 Å². The number of benzene rings is 1. The van der Waals surface area contributed by atoms with E-state index in [0.717, 1.165) is 0 Å². The average Bonchev–Trinajstić information content (AvgIpc) is 1.97. The van der Waals surface area contributed by atoms with E-state index in [0.29, 0.717) is 0 Å². The minimum absolute atomic E-state index is 0. The Morgan fingerprint density at radius 1 is 0.917 bits per heavy atom. The van der Waals surface area contributed by atoms with E-state index < -0.39 is 27.5 Å². The first-order valence-electron chi connectivity index (χ1n) is 2.44. The van der Waals surface area contributed by atoms with Crippen LogP contribution in [0.4, 0.5) is 13.2 Å². The summed E-state index contributed by atoms with van der Waals surface area (Å²) in [6.07, 6.45) is 0. The topological polar surface area (TPSA) is 0 Å². The Hall–Kier alpha value is 0.304. The van der Waals surface area contributed by atoms with Crippen LogP contribution in [0.3, 0.4) is 0 Å². The van der Waals surface area contributed by atoms with Crippen molar-refractivity contribution in [1.82, 2.24) is 0 Å². The molecule has 0 spiro atoms. The second kappa shape index (κ2) is 4.52. The molecule has 1 aromatic rings. The summed E-state index contributed by atoms with van der Waals surface area (Å²) in [5, 5.41) is -1.70. The predicted octanol–water partition coefficient (Wildman–Crippen LogP) is 3.21. The van der Waals surface area contributed by atoms with E-state index in [-0.39, 0.29) is 21.7 Å². The van der Waals surface area contributed by atoms with E-state index in [1.807, 2.05) is 0 Å². The van der Waals surface area contributed by atoms with E-state index in [2.05, 4.69) is 0 Å². The van der Waals surface area contributed by atoms with E-state index in [9.17, 15) is 13.2 Å². The molecule has 0 unspecified atom stereocenters. The Kier molecular flexibility index (Phi) is 4.63. The molecule has 0 heterocycles. The molecular formula is C6Cl2F3Ti-. The van der Waals surface area contributed by atoms with Gasteiger partial charge in [-0.25, -0.2) is 13.2 Å². The van der Waals surface area contributed by atoms with Gasteiger partial charge in [0.15, 0.2) is 0 Å². The average molecular weight is 248 g/mol. The van der Waals surface area contributed by atoms with Crippen LogP contribution in [-0.2, 0) is 21.7 Å². The first kappa shape index (κ1) is 12.3. The van der Waals surface area contributed by atoms with E-state index in [4.69, 9.17) is 23.2 Å². The Morgan fingerprint density at radius 3 is 1.58 bits per heavy atom. The van der Waals surface area contributed by atoms with E-state index >= 15 is 0 Å². The van der Waals surface area contributed by atoms with E-state index in [1.54, 1.807) is 0 Å². The number of halogens is 5. The fourth-order valence-electron chi connectivity index (χ4n) is 0.495. The van der Waals surface area contributed by atoms with Crippen molar-refractivity contribution in [3.8, 4) is 0 Å². The smallest absolute Gasteiger partial charge is 0.0566 e. The Labute approximate surface area is 91.5 Å². The molecule has 0 bridgehead atoms. The summed E-state index contributed by atoms with van der Waals surface area (Å²) >= 11 is 10.0. The Bertz CT molecular complexity index is 277. The summed E-state index contributed by atoms with van der Waals surface area (Å²) in [6, 6.07) is 1.51. The number of rotatable bonds is 0. The molecule has 0 aliphatic carbocycles. The van der Waals surface area contributed by atoms with Crippen LogP contribution in [0.1, 0.15) is 0 Å². The summed E-state index contributed by atoms with van der Waals surface area (Å²) in [7, 11) is 0. The van der Waals surface area contributed by atoms with Crippen molar-refractivity contribution in [2.75, 3.05) is 0 Å². The summed E-state index contributed by atoms with van der Waals surface area (Å²) in [5.41, 5.74) is 0. The second-order valence-electron chi connectivity index (χ2n) is 1.69. The van der Waals surface area contributed by atoms with Crippen LogP contribution in [-0.4, -0.2) is 0 Å². The molecule has 0 fully saturated rings. The van der Waals surface area contributed by atoms with Gasteiger partial charge in [0.1, 0.15) is 0 Å². The van der Waals surface area contributed by atoms with Crippen LogP contribution in [0.5, 0.6) is 0 Å². The van der Waals surface area contributed by atoms with Crippen LogP contribution in [0.25, 0.3) is 0 Å². The molecule has 0 N–H and O–H groups in total. The molecule has 0 saturated heterocycles. The molecule has 1 aromatic carbocycles. The minimum atomic E-state index is -1.30. The quantitative estimate of drug-likeness (QED) is 0.286. The predicted molar refractivity (Wildman–Crippen MR) is 35.2 cm³/mol. The standard InChI is InChI=1S/C6Cl2F3.Ti/c7-4-2(9)1-3(10)5(8)6(4)11;/q-1;. The molecule has 0 aliphatic heterocycles. The monoisotopic (exact) mass is 247 g/mol. The Balaban J connectivity index is 0.00000121. The first-order valence-corrected chi connectivity index (χ1v) is 3.20. The first-order chi connectivity index (χ1) is 5.04. The fourth-order valence-corrected chi connectivity index (χ4v) is 0.827. The van der Waals surface area contributed by atoms with Crippen LogP contribution in [0.2, 0.25) is 10.0 Å². The van der Waals surface area contributed by atoms with Crippen molar-refractivity contribution in [3.05, 3.63) is 33.6 Å². The summed E-state index contributed by atoms with van der Waals surface area (Å²) in [5.74, 6) is -3.88. The maximum atomic E-state index is 12.5. The zero-order valence-corrected chi connectivity index (χ0v) is 8.46. The fraction of sp³-hybridized carbons (Fsp3) is 0. The third-order valence-corrected chi connectivity index (χ3v) is 1.65. The van der Waals surface area contributed by atoms with Crippen molar-refractivity contribution in [3.63, 3.8) is 0 Å². The van der Waals surface area contributed by atoms with Gasteiger partial charge in [-0.1, -0.05) is 0 Å². The summed E-state index contributed by atoms with van der Waals surface area (Å²) in [6.45, 7) is 0. The number of hydrogen-bond acceptors (Lipinski definition) is 0.